The lowest BCUT2D eigenvalue weighted by Gasteiger charge is -2.31. The molecule has 1 fully saturated rings. The molecule has 160 valence electrons. The fourth-order valence-electron chi connectivity index (χ4n) is 4.93. The Labute approximate surface area is 185 Å². The van der Waals surface area contributed by atoms with Gasteiger partial charge in [-0.15, -0.1) is 0 Å². The van der Waals surface area contributed by atoms with Gasteiger partial charge in [0.05, 0.1) is 5.52 Å². The highest BCUT2D eigenvalue weighted by atomic mass is 35.5. The van der Waals surface area contributed by atoms with Gasteiger partial charge in [0.25, 0.3) is 6.01 Å². The van der Waals surface area contributed by atoms with Crippen molar-refractivity contribution in [3.8, 4) is 0 Å². The van der Waals surface area contributed by atoms with Crippen LogP contribution in [0.1, 0.15) is 50.5 Å². The normalized spacial score (nSPS) is 20.2. The van der Waals surface area contributed by atoms with E-state index in [0.717, 1.165) is 35.7 Å². The number of anilines is 1. The minimum Gasteiger partial charge on any atom is -0.423 e. The number of fused-ring (bicyclic) bond motifs is 2. The van der Waals surface area contributed by atoms with E-state index in [1.54, 1.807) is 18.2 Å². The number of hydrogen-bond acceptors (Lipinski definition) is 4. The summed E-state index contributed by atoms with van der Waals surface area (Å²) in [4.78, 5) is 8.90. The van der Waals surface area contributed by atoms with E-state index < -0.39 is 0 Å². The van der Waals surface area contributed by atoms with Crippen LogP contribution in [0.5, 0.6) is 0 Å². The van der Waals surface area contributed by atoms with E-state index in [1.165, 1.54) is 24.5 Å². The molecule has 0 aliphatic heterocycles. The lowest BCUT2D eigenvalue weighted by molar-refractivity contribution is 0.301. The van der Waals surface area contributed by atoms with Crippen LogP contribution in [-0.4, -0.2) is 16.0 Å². The van der Waals surface area contributed by atoms with Crippen LogP contribution in [0, 0.1) is 11.7 Å². The van der Waals surface area contributed by atoms with E-state index in [1.807, 2.05) is 18.3 Å². The maximum atomic E-state index is 13.8. The average Bonchev–Trinajstić information content (AvgIpc) is 3.15. The van der Waals surface area contributed by atoms with Gasteiger partial charge in [0.15, 0.2) is 5.58 Å². The molecule has 6 heteroatoms. The molecule has 0 amide bonds. The molecule has 2 aromatic heterocycles. The van der Waals surface area contributed by atoms with Gasteiger partial charge in [0, 0.05) is 28.7 Å². The Bertz CT molecular complexity index is 1220. The van der Waals surface area contributed by atoms with E-state index in [0.29, 0.717) is 28.5 Å². The molecule has 1 saturated carbocycles. The zero-order valence-corrected chi connectivity index (χ0v) is 18.2. The van der Waals surface area contributed by atoms with Crippen LogP contribution < -0.4 is 5.32 Å². The van der Waals surface area contributed by atoms with Crippen molar-refractivity contribution in [1.82, 2.24) is 9.97 Å². The van der Waals surface area contributed by atoms with Crippen LogP contribution in [0.4, 0.5) is 10.4 Å². The SMILES string of the molecule is CC(CC1CCC(c2ccnc3ccc(F)cc23)CC1)Nc1nc2ccc(Cl)cc2o1. The lowest BCUT2D eigenvalue weighted by atomic mass is 9.76. The molecule has 0 bridgehead atoms. The van der Waals surface area contributed by atoms with Crippen LogP contribution in [-0.2, 0) is 0 Å². The summed E-state index contributed by atoms with van der Waals surface area (Å²) in [5, 5.41) is 5.00. The van der Waals surface area contributed by atoms with Crippen LogP contribution >= 0.6 is 11.6 Å². The minimum atomic E-state index is -0.197. The van der Waals surface area contributed by atoms with Crippen LogP contribution in [0.2, 0.25) is 5.02 Å². The first-order chi connectivity index (χ1) is 15.0. The zero-order valence-electron chi connectivity index (χ0n) is 17.4. The van der Waals surface area contributed by atoms with Crippen molar-refractivity contribution >= 4 is 39.6 Å². The molecule has 1 aliphatic rings. The Kier molecular flexibility index (Phi) is 5.53. The number of oxazole rings is 1. The molecule has 5 rings (SSSR count). The highest BCUT2D eigenvalue weighted by molar-refractivity contribution is 6.31. The van der Waals surface area contributed by atoms with Crippen molar-refractivity contribution in [3.63, 3.8) is 0 Å². The maximum Gasteiger partial charge on any atom is 0.295 e. The summed E-state index contributed by atoms with van der Waals surface area (Å²) in [6.45, 7) is 2.17. The molecule has 1 atom stereocenters. The Morgan fingerprint density at radius 1 is 1.10 bits per heavy atom. The third kappa shape index (κ3) is 4.38. The number of benzene rings is 2. The second kappa shape index (κ2) is 8.46. The number of pyridine rings is 1. The van der Waals surface area contributed by atoms with Crippen molar-refractivity contribution in [2.45, 2.75) is 51.0 Å². The topological polar surface area (TPSA) is 51.0 Å². The highest BCUT2D eigenvalue weighted by Crippen LogP contribution is 2.40. The van der Waals surface area contributed by atoms with E-state index >= 15 is 0 Å². The molecule has 4 nitrogen and oxygen atoms in total. The first-order valence-corrected chi connectivity index (χ1v) is 11.3. The monoisotopic (exact) mass is 437 g/mol. The summed E-state index contributed by atoms with van der Waals surface area (Å²) < 4.78 is 19.6. The predicted molar refractivity (Wildman–Crippen MR) is 123 cm³/mol. The van der Waals surface area contributed by atoms with Gasteiger partial charge in [0.2, 0.25) is 0 Å². The molecule has 31 heavy (non-hydrogen) atoms. The Morgan fingerprint density at radius 3 is 2.74 bits per heavy atom. The quantitative estimate of drug-likeness (QED) is 0.355. The van der Waals surface area contributed by atoms with E-state index in [9.17, 15) is 4.39 Å². The van der Waals surface area contributed by atoms with Gasteiger partial charge in [-0.2, -0.15) is 4.98 Å². The van der Waals surface area contributed by atoms with E-state index in [4.69, 9.17) is 16.0 Å². The number of nitrogens with zero attached hydrogens (tertiary/aromatic N) is 2. The third-order valence-electron chi connectivity index (χ3n) is 6.43. The molecule has 2 heterocycles. The average molecular weight is 438 g/mol. The zero-order chi connectivity index (χ0) is 21.4. The summed E-state index contributed by atoms with van der Waals surface area (Å²) in [6.07, 6.45) is 7.49. The van der Waals surface area contributed by atoms with Crippen LogP contribution in [0.15, 0.2) is 53.1 Å². The molecular weight excluding hydrogens is 413 g/mol. The molecule has 4 aromatic rings. The van der Waals surface area contributed by atoms with Gasteiger partial charge >= 0.3 is 0 Å². The lowest BCUT2D eigenvalue weighted by Crippen LogP contribution is -2.23. The fourth-order valence-corrected chi connectivity index (χ4v) is 5.10. The highest BCUT2D eigenvalue weighted by Gasteiger charge is 2.25. The molecule has 2 aromatic carbocycles. The molecule has 0 radical (unpaired) electrons. The van der Waals surface area contributed by atoms with Gasteiger partial charge in [-0.3, -0.25) is 4.98 Å². The van der Waals surface area contributed by atoms with Crippen LogP contribution in [0.3, 0.4) is 0 Å². The molecule has 0 saturated heterocycles. The molecule has 1 N–H and O–H groups in total. The standard InChI is InChI=1S/C25H25ClFN3O/c1-15(29-25-30-23-8-6-18(26)13-24(23)31-25)12-16-2-4-17(5-3-16)20-10-11-28-22-9-7-19(27)14-21(20)22/h6-11,13-17H,2-5,12H2,1H3,(H,29,30). The van der Waals surface area contributed by atoms with Crippen LogP contribution in [0.25, 0.3) is 22.0 Å². The predicted octanol–water partition coefficient (Wildman–Crippen LogP) is 7.33. The van der Waals surface area contributed by atoms with Gasteiger partial charge in [-0.05, 0) is 92.8 Å². The van der Waals surface area contributed by atoms with E-state index in [-0.39, 0.29) is 11.9 Å². The summed E-state index contributed by atoms with van der Waals surface area (Å²) in [5.41, 5.74) is 3.61. The summed E-state index contributed by atoms with van der Waals surface area (Å²) in [5.74, 6) is 0.924. The number of rotatable bonds is 5. The maximum absolute atomic E-state index is 13.8. The van der Waals surface area contributed by atoms with Crippen molar-refractivity contribution in [2.24, 2.45) is 5.92 Å². The van der Waals surface area contributed by atoms with Crippen molar-refractivity contribution in [1.29, 1.82) is 0 Å². The second-order valence-electron chi connectivity index (χ2n) is 8.69. The Balaban J connectivity index is 1.20. The van der Waals surface area contributed by atoms with Crippen molar-refractivity contribution in [3.05, 3.63) is 65.1 Å². The minimum absolute atomic E-state index is 0.197. The largest absolute Gasteiger partial charge is 0.423 e. The van der Waals surface area contributed by atoms with Crippen molar-refractivity contribution in [2.75, 3.05) is 5.32 Å². The van der Waals surface area contributed by atoms with Crippen molar-refractivity contribution < 1.29 is 8.81 Å². The number of aromatic nitrogens is 2. The van der Waals surface area contributed by atoms with E-state index in [2.05, 4.69) is 28.3 Å². The summed E-state index contributed by atoms with van der Waals surface area (Å²) in [7, 11) is 0. The second-order valence-corrected chi connectivity index (χ2v) is 9.13. The summed E-state index contributed by atoms with van der Waals surface area (Å²) in [6, 6.07) is 13.2. The fraction of sp³-hybridized carbons (Fsp3) is 0.360. The number of hydrogen-bond donors (Lipinski definition) is 1. The molecular formula is C25H25ClFN3O. The number of nitrogens with one attached hydrogen (secondary N) is 1. The molecule has 1 aliphatic carbocycles. The molecule has 0 spiro atoms. The first kappa shape index (κ1) is 20.3. The Hall–Kier alpha value is -2.66. The van der Waals surface area contributed by atoms with Gasteiger partial charge in [0.1, 0.15) is 11.3 Å². The smallest absolute Gasteiger partial charge is 0.295 e. The van der Waals surface area contributed by atoms with Gasteiger partial charge in [-0.25, -0.2) is 4.39 Å². The molecule has 1 unspecified atom stereocenters. The van der Waals surface area contributed by atoms with Gasteiger partial charge < -0.3 is 9.73 Å². The first-order valence-electron chi connectivity index (χ1n) is 10.9. The summed E-state index contributed by atoms with van der Waals surface area (Å²) >= 11 is 6.03. The Morgan fingerprint density at radius 2 is 1.90 bits per heavy atom. The third-order valence-corrected chi connectivity index (χ3v) is 6.67. The van der Waals surface area contributed by atoms with Gasteiger partial charge in [-0.1, -0.05) is 11.6 Å². The number of halogens is 2.